The van der Waals surface area contributed by atoms with E-state index in [4.69, 9.17) is 9.47 Å². The summed E-state index contributed by atoms with van der Waals surface area (Å²) >= 11 is 0. The molecule has 40 heavy (non-hydrogen) atoms. The van der Waals surface area contributed by atoms with Crippen LogP contribution in [-0.4, -0.2) is 58.5 Å². The van der Waals surface area contributed by atoms with Crippen molar-refractivity contribution in [2.75, 3.05) is 13.1 Å². The minimum atomic E-state index is -0.792. The largest absolute Gasteiger partial charge is 0.423 e. The van der Waals surface area contributed by atoms with Crippen LogP contribution < -0.4 is 9.47 Å². The lowest BCUT2D eigenvalue weighted by Gasteiger charge is -2.09. The van der Waals surface area contributed by atoms with E-state index >= 15 is 0 Å². The van der Waals surface area contributed by atoms with Gasteiger partial charge in [-0.25, -0.2) is 9.59 Å². The molecule has 198 valence electrons. The van der Waals surface area contributed by atoms with E-state index in [0.717, 1.165) is 9.80 Å². The predicted octanol–water partition coefficient (Wildman–Crippen LogP) is 3.69. The Kier molecular flexibility index (Phi) is 6.66. The van der Waals surface area contributed by atoms with Crippen molar-refractivity contribution in [1.29, 1.82) is 0 Å². The molecule has 3 aromatic rings. The highest BCUT2D eigenvalue weighted by Gasteiger charge is 2.36. The zero-order valence-electron chi connectivity index (χ0n) is 20.9. The molecule has 2 heterocycles. The number of benzene rings is 3. The lowest BCUT2D eigenvalue weighted by atomic mass is 10.1. The van der Waals surface area contributed by atoms with E-state index in [-0.39, 0.29) is 58.0 Å². The first-order chi connectivity index (χ1) is 19.2. The molecule has 2 aliphatic rings. The molecule has 0 bridgehead atoms. The van der Waals surface area contributed by atoms with E-state index in [9.17, 15) is 28.8 Å². The zero-order chi connectivity index (χ0) is 28.6. The fourth-order valence-corrected chi connectivity index (χ4v) is 4.36. The summed E-state index contributed by atoms with van der Waals surface area (Å²) in [7, 11) is 0. The van der Waals surface area contributed by atoms with Crippen LogP contribution in [0.3, 0.4) is 0 Å². The average molecular weight is 536 g/mol. The van der Waals surface area contributed by atoms with Gasteiger partial charge in [0.05, 0.1) is 33.4 Å². The molecule has 0 N–H and O–H groups in total. The van der Waals surface area contributed by atoms with Gasteiger partial charge in [0.2, 0.25) is 0 Å². The number of hydrogen-bond acceptors (Lipinski definition) is 8. The molecule has 0 aliphatic carbocycles. The van der Waals surface area contributed by atoms with E-state index in [1.165, 1.54) is 72.8 Å². The molecule has 3 aromatic carbocycles. The number of imide groups is 2. The van der Waals surface area contributed by atoms with Crippen LogP contribution in [0.25, 0.3) is 0 Å². The maximum absolute atomic E-state index is 12.8. The zero-order valence-corrected chi connectivity index (χ0v) is 20.9. The second-order valence-electron chi connectivity index (χ2n) is 8.79. The minimum Gasteiger partial charge on any atom is -0.423 e. The number of nitrogens with zero attached hydrogens (tertiary/aromatic N) is 2. The van der Waals surface area contributed by atoms with Gasteiger partial charge in [-0.3, -0.25) is 29.0 Å². The van der Waals surface area contributed by atoms with Crippen molar-refractivity contribution < 1.29 is 38.2 Å². The number of ether oxygens (including phenoxy) is 2. The van der Waals surface area contributed by atoms with Crippen molar-refractivity contribution >= 4 is 35.6 Å². The molecule has 4 amide bonds. The SMILES string of the molecule is C=CCN1C(=O)c2ccc(C(=O)Oc3cccc(OC(=O)c4ccc5c(c4)C(=O)N(CC=C)C5=O)c3)cc2C1=O. The quantitative estimate of drug-likeness (QED) is 0.185. The molecule has 10 nitrogen and oxygen atoms in total. The Bertz CT molecular complexity index is 1550. The number of carbonyl (C=O) groups is 6. The second kappa shape index (κ2) is 10.3. The number of hydrogen-bond donors (Lipinski definition) is 0. The molecule has 0 spiro atoms. The summed E-state index contributed by atoms with van der Waals surface area (Å²) in [5.74, 6) is -3.48. The average Bonchev–Trinajstić information content (AvgIpc) is 3.33. The highest BCUT2D eigenvalue weighted by Crippen LogP contribution is 2.27. The third-order valence-electron chi connectivity index (χ3n) is 6.26. The second-order valence-corrected chi connectivity index (χ2v) is 8.79. The van der Waals surface area contributed by atoms with Crippen LogP contribution in [0.4, 0.5) is 0 Å². The topological polar surface area (TPSA) is 127 Å². The molecule has 0 radical (unpaired) electrons. The summed E-state index contributed by atoms with van der Waals surface area (Å²) < 4.78 is 10.8. The molecule has 0 atom stereocenters. The van der Waals surface area contributed by atoms with Crippen LogP contribution >= 0.6 is 0 Å². The van der Waals surface area contributed by atoms with Crippen molar-refractivity contribution in [3.63, 3.8) is 0 Å². The summed E-state index contributed by atoms with van der Waals surface area (Å²) in [4.78, 5) is 77.5. The van der Waals surface area contributed by atoms with Crippen LogP contribution in [0, 0.1) is 0 Å². The van der Waals surface area contributed by atoms with Gasteiger partial charge >= 0.3 is 11.9 Å². The predicted molar refractivity (Wildman–Crippen MR) is 140 cm³/mol. The highest BCUT2D eigenvalue weighted by molar-refractivity contribution is 6.22. The fraction of sp³-hybridized carbons (Fsp3) is 0.0667. The summed E-state index contributed by atoms with van der Waals surface area (Å²) in [5, 5.41) is 0. The Morgan fingerprint density at radius 1 is 0.600 bits per heavy atom. The monoisotopic (exact) mass is 536 g/mol. The van der Waals surface area contributed by atoms with Gasteiger partial charge in [0.1, 0.15) is 11.5 Å². The first-order valence-electron chi connectivity index (χ1n) is 12.0. The summed E-state index contributed by atoms with van der Waals surface area (Å²) in [6.07, 6.45) is 2.86. The normalized spacial score (nSPS) is 13.7. The molecule has 0 unspecified atom stereocenters. The van der Waals surface area contributed by atoms with Crippen LogP contribution in [0.2, 0.25) is 0 Å². The number of esters is 2. The third-order valence-corrected chi connectivity index (χ3v) is 6.26. The van der Waals surface area contributed by atoms with Crippen LogP contribution in [-0.2, 0) is 0 Å². The van der Waals surface area contributed by atoms with E-state index in [1.54, 1.807) is 0 Å². The van der Waals surface area contributed by atoms with Gasteiger partial charge in [-0.05, 0) is 48.5 Å². The Morgan fingerprint density at radius 3 is 1.40 bits per heavy atom. The molecule has 0 saturated heterocycles. The van der Waals surface area contributed by atoms with Gasteiger partial charge < -0.3 is 9.47 Å². The molecule has 2 aliphatic heterocycles. The maximum Gasteiger partial charge on any atom is 0.343 e. The van der Waals surface area contributed by atoms with Gasteiger partial charge in [-0.15, -0.1) is 13.2 Å². The smallest absolute Gasteiger partial charge is 0.343 e. The first-order valence-corrected chi connectivity index (χ1v) is 12.0. The Labute approximate surface area is 227 Å². The lowest BCUT2D eigenvalue weighted by Crippen LogP contribution is -2.29. The van der Waals surface area contributed by atoms with Gasteiger partial charge in [0, 0.05) is 19.2 Å². The summed E-state index contributed by atoms with van der Waals surface area (Å²) in [6, 6.07) is 13.9. The lowest BCUT2D eigenvalue weighted by molar-refractivity contribution is 0.0656. The van der Waals surface area contributed by atoms with Gasteiger partial charge in [-0.2, -0.15) is 0 Å². The van der Waals surface area contributed by atoms with Crippen molar-refractivity contribution in [2.45, 2.75) is 0 Å². The molecule has 10 heteroatoms. The van der Waals surface area contributed by atoms with E-state index in [2.05, 4.69) is 13.2 Å². The first kappa shape index (κ1) is 26.0. The van der Waals surface area contributed by atoms with Crippen LogP contribution in [0.5, 0.6) is 11.5 Å². The van der Waals surface area contributed by atoms with E-state index < -0.39 is 35.6 Å². The molecule has 0 saturated carbocycles. The Morgan fingerprint density at radius 2 is 1.00 bits per heavy atom. The van der Waals surface area contributed by atoms with Gasteiger partial charge in [0.25, 0.3) is 23.6 Å². The third kappa shape index (κ3) is 4.47. The van der Waals surface area contributed by atoms with Gasteiger partial charge in [0.15, 0.2) is 0 Å². The highest BCUT2D eigenvalue weighted by atomic mass is 16.5. The van der Waals surface area contributed by atoms with Crippen LogP contribution in [0.1, 0.15) is 62.1 Å². The van der Waals surface area contributed by atoms with Crippen molar-refractivity contribution in [1.82, 2.24) is 9.80 Å². The van der Waals surface area contributed by atoms with Crippen molar-refractivity contribution in [2.24, 2.45) is 0 Å². The van der Waals surface area contributed by atoms with Crippen molar-refractivity contribution in [3.8, 4) is 11.5 Å². The number of fused-ring (bicyclic) bond motifs is 2. The van der Waals surface area contributed by atoms with E-state index in [0.29, 0.717) is 0 Å². The number of rotatable bonds is 8. The van der Waals surface area contributed by atoms with Crippen LogP contribution in [0.15, 0.2) is 86.0 Å². The molecular formula is C30H20N2O8. The molecular weight excluding hydrogens is 516 g/mol. The minimum absolute atomic E-state index is 0.0469. The van der Waals surface area contributed by atoms with Gasteiger partial charge in [-0.1, -0.05) is 18.2 Å². The summed E-state index contributed by atoms with van der Waals surface area (Å²) in [6.45, 7) is 7.17. The number of amides is 4. The molecule has 0 fully saturated rings. The fourth-order valence-electron chi connectivity index (χ4n) is 4.36. The number of carbonyl (C=O) groups excluding carboxylic acids is 6. The maximum atomic E-state index is 12.8. The molecule has 5 rings (SSSR count). The van der Waals surface area contributed by atoms with Crippen molar-refractivity contribution in [3.05, 3.63) is 119 Å². The standard InChI is InChI=1S/C30H20N2O8/c1-3-12-31-25(33)21-10-8-17(14-23(21)27(31)35)29(37)39-19-6-5-7-20(16-19)40-30(38)18-9-11-22-24(15-18)28(36)32(13-4-2)26(22)34/h3-11,14-16H,1-2,12-13H2. The molecule has 0 aromatic heterocycles. The Hall–Kier alpha value is -5.64. The summed E-state index contributed by atoms with van der Waals surface area (Å²) in [5.41, 5.74) is 0.639. The van der Waals surface area contributed by atoms with E-state index in [1.807, 2.05) is 0 Å². The Balaban J connectivity index is 1.29.